The van der Waals surface area contributed by atoms with Crippen molar-refractivity contribution in [3.05, 3.63) is 22.8 Å². The van der Waals surface area contributed by atoms with Crippen molar-refractivity contribution in [2.45, 2.75) is 25.9 Å². The van der Waals surface area contributed by atoms with Crippen LogP contribution in [0.4, 0.5) is 5.82 Å². The summed E-state index contributed by atoms with van der Waals surface area (Å²) < 4.78 is 6.18. The SMILES string of the molecule is CC(=O)OC1CCN(c2ccc(Br)cn2)CC1. The van der Waals surface area contributed by atoms with E-state index in [-0.39, 0.29) is 12.1 Å². The smallest absolute Gasteiger partial charge is 0.302 e. The van der Waals surface area contributed by atoms with E-state index in [0.29, 0.717) is 0 Å². The molecule has 2 rings (SSSR count). The number of pyridine rings is 1. The molecule has 1 aromatic rings. The Labute approximate surface area is 109 Å². The highest BCUT2D eigenvalue weighted by Gasteiger charge is 2.21. The van der Waals surface area contributed by atoms with Crippen LogP contribution in [0, 0.1) is 0 Å². The highest BCUT2D eigenvalue weighted by atomic mass is 79.9. The molecule has 17 heavy (non-hydrogen) atoms. The molecule has 4 nitrogen and oxygen atoms in total. The fourth-order valence-electron chi connectivity index (χ4n) is 1.99. The summed E-state index contributed by atoms with van der Waals surface area (Å²) in [5, 5.41) is 0. The Morgan fingerprint density at radius 3 is 2.71 bits per heavy atom. The molecule has 5 heteroatoms. The lowest BCUT2D eigenvalue weighted by Gasteiger charge is -2.32. The molecule has 0 unspecified atom stereocenters. The summed E-state index contributed by atoms with van der Waals surface area (Å²) >= 11 is 3.37. The summed E-state index contributed by atoms with van der Waals surface area (Å²) in [7, 11) is 0. The van der Waals surface area contributed by atoms with Gasteiger partial charge < -0.3 is 9.64 Å². The molecule has 0 aliphatic carbocycles. The number of hydrogen-bond donors (Lipinski definition) is 0. The van der Waals surface area contributed by atoms with E-state index in [0.717, 1.165) is 36.2 Å². The van der Waals surface area contributed by atoms with Crippen molar-refractivity contribution >= 4 is 27.7 Å². The van der Waals surface area contributed by atoms with Crippen molar-refractivity contribution in [1.29, 1.82) is 0 Å². The average Bonchev–Trinajstić information content (AvgIpc) is 2.30. The van der Waals surface area contributed by atoms with E-state index in [2.05, 4.69) is 25.8 Å². The van der Waals surface area contributed by atoms with Gasteiger partial charge in [0.15, 0.2) is 0 Å². The molecule has 0 bridgehead atoms. The average molecular weight is 299 g/mol. The van der Waals surface area contributed by atoms with Crippen molar-refractivity contribution in [3.63, 3.8) is 0 Å². The zero-order valence-corrected chi connectivity index (χ0v) is 11.3. The topological polar surface area (TPSA) is 42.4 Å². The van der Waals surface area contributed by atoms with Crippen LogP contribution in [0.25, 0.3) is 0 Å². The first-order valence-electron chi connectivity index (χ1n) is 5.69. The molecule has 0 atom stereocenters. The van der Waals surface area contributed by atoms with Crippen LogP contribution in [-0.4, -0.2) is 30.1 Å². The van der Waals surface area contributed by atoms with Crippen LogP contribution in [0.2, 0.25) is 0 Å². The maximum absolute atomic E-state index is 10.8. The second-order valence-electron chi connectivity index (χ2n) is 4.13. The lowest BCUT2D eigenvalue weighted by molar-refractivity contribution is -0.147. The molecular weight excluding hydrogens is 284 g/mol. The van der Waals surface area contributed by atoms with Gasteiger partial charge in [0.1, 0.15) is 11.9 Å². The number of aromatic nitrogens is 1. The molecule has 1 aliphatic heterocycles. The monoisotopic (exact) mass is 298 g/mol. The lowest BCUT2D eigenvalue weighted by atomic mass is 10.1. The van der Waals surface area contributed by atoms with Gasteiger partial charge in [0.2, 0.25) is 0 Å². The Balaban J connectivity index is 1.90. The number of hydrogen-bond acceptors (Lipinski definition) is 4. The summed E-state index contributed by atoms with van der Waals surface area (Å²) in [4.78, 5) is 17.4. The van der Waals surface area contributed by atoms with Gasteiger partial charge >= 0.3 is 5.97 Å². The standard InChI is InChI=1S/C12H15BrN2O2/c1-9(16)17-11-4-6-15(7-5-11)12-3-2-10(13)8-14-12/h2-3,8,11H,4-7H2,1H3. The lowest BCUT2D eigenvalue weighted by Crippen LogP contribution is -2.38. The highest BCUT2D eigenvalue weighted by molar-refractivity contribution is 9.10. The van der Waals surface area contributed by atoms with Crippen LogP contribution < -0.4 is 4.90 Å². The van der Waals surface area contributed by atoms with Gasteiger partial charge in [0, 0.05) is 43.5 Å². The highest BCUT2D eigenvalue weighted by Crippen LogP contribution is 2.20. The number of esters is 1. The third-order valence-corrected chi connectivity index (χ3v) is 3.28. The molecule has 0 N–H and O–H groups in total. The van der Waals surface area contributed by atoms with Crippen LogP contribution in [0.1, 0.15) is 19.8 Å². The van der Waals surface area contributed by atoms with E-state index in [1.54, 1.807) is 6.20 Å². The van der Waals surface area contributed by atoms with Crippen LogP contribution in [0.3, 0.4) is 0 Å². The summed E-state index contributed by atoms with van der Waals surface area (Å²) in [5.74, 6) is 0.791. The Morgan fingerprint density at radius 2 is 2.18 bits per heavy atom. The Morgan fingerprint density at radius 1 is 1.47 bits per heavy atom. The van der Waals surface area contributed by atoms with Gasteiger partial charge in [-0.25, -0.2) is 4.98 Å². The third-order valence-electron chi connectivity index (χ3n) is 2.81. The first-order valence-corrected chi connectivity index (χ1v) is 6.48. The normalized spacial score (nSPS) is 16.9. The Hall–Kier alpha value is -1.10. The number of nitrogens with zero attached hydrogens (tertiary/aromatic N) is 2. The fourth-order valence-corrected chi connectivity index (χ4v) is 2.23. The molecule has 0 saturated carbocycles. The quantitative estimate of drug-likeness (QED) is 0.786. The van der Waals surface area contributed by atoms with Gasteiger partial charge in [-0.3, -0.25) is 4.79 Å². The first-order chi connectivity index (χ1) is 8.15. The van der Waals surface area contributed by atoms with Crippen molar-refractivity contribution in [2.75, 3.05) is 18.0 Å². The summed E-state index contributed by atoms with van der Waals surface area (Å²) in [6.45, 7) is 3.22. The fraction of sp³-hybridized carbons (Fsp3) is 0.500. The van der Waals surface area contributed by atoms with Crippen LogP contribution in [0.15, 0.2) is 22.8 Å². The second-order valence-corrected chi connectivity index (χ2v) is 5.05. The summed E-state index contributed by atoms with van der Waals surface area (Å²) in [6, 6.07) is 3.98. The minimum absolute atomic E-state index is 0.0687. The first kappa shape index (κ1) is 12.4. The van der Waals surface area contributed by atoms with Crippen molar-refractivity contribution in [2.24, 2.45) is 0 Å². The molecule has 0 spiro atoms. The molecular formula is C12H15BrN2O2. The maximum Gasteiger partial charge on any atom is 0.302 e. The number of rotatable bonds is 2. The largest absolute Gasteiger partial charge is 0.462 e. The van der Waals surface area contributed by atoms with E-state index in [4.69, 9.17) is 4.74 Å². The zero-order chi connectivity index (χ0) is 12.3. The number of piperidine rings is 1. The third kappa shape index (κ3) is 3.43. The van der Waals surface area contributed by atoms with Gasteiger partial charge in [-0.05, 0) is 28.1 Å². The molecule has 2 heterocycles. The van der Waals surface area contributed by atoms with E-state index < -0.39 is 0 Å². The van der Waals surface area contributed by atoms with Gasteiger partial charge in [0.05, 0.1) is 0 Å². The number of carbonyl (C=O) groups excluding carboxylic acids is 1. The zero-order valence-electron chi connectivity index (χ0n) is 9.73. The minimum Gasteiger partial charge on any atom is -0.462 e. The summed E-state index contributed by atoms with van der Waals surface area (Å²) in [6.07, 6.45) is 3.61. The van der Waals surface area contributed by atoms with Gasteiger partial charge in [-0.1, -0.05) is 0 Å². The van der Waals surface area contributed by atoms with Crippen molar-refractivity contribution in [1.82, 2.24) is 4.98 Å². The minimum atomic E-state index is -0.190. The van der Waals surface area contributed by atoms with Crippen LogP contribution >= 0.6 is 15.9 Å². The van der Waals surface area contributed by atoms with E-state index in [9.17, 15) is 4.79 Å². The molecule has 1 saturated heterocycles. The number of halogens is 1. The maximum atomic E-state index is 10.8. The number of ether oxygens (including phenoxy) is 1. The number of carbonyl (C=O) groups is 1. The van der Waals surface area contributed by atoms with E-state index >= 15 is 0 Å². The van der Waals surface area contributed by atoms with E-state index in [1.807, 2.05) is 12.1 Å². The molecule has 0 amide bonds. The predicted molar refractivity (Wildman–Crippen MR) is 68.9 cm³/mol. The van der Waals surface area contributed by atoms with Crippen LogP contribution in [-0.2, 0) is 9.53 Å². The van der Waals surface area contributed by atoms with Crippen molar-refractivity contribution < 1.29 is 9.53 Å². The second kappa shape index (κ2) is 5.49. The predicted octanol–water partition coefficient (Wildman–Crippen LogP) is 2.38. The molecule has 1 aliphatic rings. The summed E-state index contributed by atoms with van der Waals surface area (Å²) in [5.41, 5.74) is 0. The molecule has 92 valence electrons. The Kier molecular flexibility index (Phi) is 3.99. The molecule has 0 radical (unpaired) electrons. The van der Waals surface area contributed by atoms with Gasteiger partial charge in [-0.15, -0.1) is 0 Å². The Bertz CT molecular complexity index is 386. The molecule has 1 fully saturated rings. The van der Waals surface area contributed by atoms with Gasteiger partial charge in [0.25, 0.3) is 0 Å². The van der Waals surface area contributed by atoms with E-state index in [1.165, 1.54) is 6.92 Å². The molecule has 1 aromatic heterocycles. The van der Waals surface area contributed by atoms with Crippen molar-refractivity contribution in [3.8, 4) is 0 Å². The van der Waals surface area contributed by atoms with Gasteiger partial charge in [-0.2, -0.15) is 0 Å². The number of anilines is 1. The molecule has 0 aromatic carbocycles. The van der Waals surface area contributed by atoms with Crippen LogP contribution in [0.5, 0.6) is 0 Å².